The van der Waals surface area contributed by atoms with E-state index in [1.54, 1.807) is 13.1 Å². The number of guanidine groups is 1. The Labute approximate surface area is 159 Å². The highest BCUT2D eigenvalue weighted by molar-refractivity contribution is 7.10. The Morgan fingerprint density at radius 1 is 1.31 bits per heavy atom. The van der Waals surface area contributed by atoms with Crippen LogP contribution in [0.4, 0.5) is 0 Å². The monoisotopic (exact) mass is 376 g/mol. The van der Waals surface area contributed by atoms with E-state index in [4.69, 9.17) is 4.74 Å². The molecular formula is C19H28N4O2S. The lowest BCUT2D eigenvalue weighted by Crippen LogP contribution is -2.44. The van der Waals surface area contributed by atoms with Crippen LogP contribution in [0.1, 0.15) is 37.6 Å². The van der Waals surface area contributed by atoms with Crippen molar-refractivity contribution < 1.29 is 9.84 Å². The quantitative estimate of drug-likeness (QED) is 0.463. The van der Waals surface area contributed by atoms with E-state index in [-0.39, 0.29) is 0 Å². The minimum Gasteiger partial charge on any atom is -0.477 e. The highest BCUT2D eigenvalue weighted by Gasteiger charge is 2.24. The molecule has 0 radical (unpaired) electrons. The van der Waals surface area contributed by atoms with Gasteiger partial charge in [0.2, 0.25) is 5.88 Å². The molecule has 0 fully saturated rings. The maximum Gasteiger partial charge on any atom is 0.218 e. The number of aliphatic hydroxyl groups is 1. The summed E-state index contributed by atoms with van der Waals surface area (Å²) in [4.78, 5) is 9.81. The van der Waals surface area contributed by atoms with E-state index < -0.39 is 5.60 Å². The lowest BCUT2D eigenvalue weighted by molar-refractivity contribution is 0.0655. The third kappa shape index (κ3) is 6.00. The molecule has 0 aliphatic carbocycles. The van der Waals surface area contributed by atoms with Crippen LogP contribution in [-0.4, -0.2) is 35.7 Å². The van der Waals surface area contributed by atoms with Gasteiger partial charge in [0.1, 0.15) is 5.60 Å². The van der Waals surface area contributed by atoms with Crippen LogP contribution >= 0.6 is 11.3 Å². The Hall–Kier alpha value is -2.12. The number of aromatic nitrogens is 1. The molecule has 0 spiro atoms. The molecule has 3 N–H and O–H groups in total. The van der Waals surface area contributed by atoms with Crippen molar-refractivity contribution in [3.63, 3.8) is 0 Å². The van der Waals surface area contributed by atoms with E-state index in [1.807, 2.05) is 36.6 Å². The molecule has 26 heavy (non-hydrogen) atoms. The lowest BCUT2D eigenvalue weighted by atomic mass is 10.1. The molecule has 0 aromatic carbocycles. The molecule has 2 aromatic rings. The average Bonchev–Trinajstić information content (AvgIpc) is 3.19. The first-order valence-electron chi connectivity index (χ1n) is 8.92. The van der Waals surface area contributed by atoms with Gasteiger partial charge in [0.05, 0.1) is 19.7 Å². The number of thiophene rings is 1. The molecule has 0 saturated carbocycles. The zero-order valence-corrected chi connectivity index (χ0v) is 16.5. The topological polar surface area (TPSA) is 78.8 Å². The second kappa shape index (κ2) is 10.1. The van der Waals surface area contributed by atoms with Crippen LogP contribution in [0.3, 0.4) is 0 Å². The maximum absolute atomic E-state index is 10.7. The van der Waals surface area contributed by atoms with Gasteiger partial charge < -0.3 is 20.5 Å². The van der Waals surface area contributed by atoms with Crippen LogP contribution in [0.2, 0.25) is 0 Å². The summed E-state index contributed by atoms with van der Waals surface area (Å²) in [5.74, 6) is 1.27. The number of pyridine rings is 1. The number of nitrogens with zero attached hydrogens (tertiary/aromatic N) is 2. The highest BCUT2D eigenvalue weighted by atomic mass is 32.1. The smallest absolute Gasteiger partial charge is 0.218 e. The van der Waals surface area contributed by atoms with E-state index in [0.29, 0.717) is 31.5 Å². The van der Waals surface area contributed by atoms with Crippen LogP contribution in [0.15, 0.2) is 40.8 Å². The number of ether oxygens (including phenoxy) is 1. The summed E-state index contributed by atoms with van der Waals surface area (Å²) in [6.07, 6.45) is 2.65. The van der Waals surface area contributed by atoms with Gasteiger partial charge in [-0.05, 0) is 37.8 Å². The van der Waals surface area contributed by atoms with Crippen molar-refractivity contribution in [3.05, 3.63) is 46.3 Å². The van der Waals surface area contributed by atoms with E-state index in [0.717, 1.165) is 23.4 Å². The molecule has 2 heterocycles. The summed E-state index contributed by atoms with van der Waals surface area (Å²) >= 11 is 1.54. The van der Waals surface area contributed by atoms with Gasteiger partial charge in [-0.25, -0.2) is 9.98 Å². The molecule has 1 unspecified atom stereocenters. The molecule has 0 aliphatic rings. The summed E-state index contributed by atoms with van der Waals surface area (Å²) < 4.78 is 5.68. The van der Waals surface area contributed by atoms with E-state index in [9.17, 15) is 5.11 Å². The first-order chi connectivity index (χ1) is 12.6. The van der Waals surface area contributed by atoms with Gasteiger partial charge in [0, 0.05) is 23.2 Å². The molecule has 0 bridgehead atoms. The minimum atomic E-state index is -0.950. The van der Waals surface area contributed by atoms with Crippen LogP contribution in [-0.2, 0) is 12.1 Å². The SMILES string of the molecule is CCCOc1ncccc1CN=C(NCC)NCC(C)(O)c1cccs1. The van der Waals surface area contributed by atoms with E-state index in [1.165, 1.54) is 11.3 Å². The predicted octanol–water partition coefficient (Wildman–Crippen LogP) is 2.89. The van der Waals surface area contributed by atoms with Gasteiger partial charge in [-0.15, -0.1) is 11.3 Å². The van der Waals surface area contributed by atoms with Gasteiger partial charge in [0.15, 0.2) is 5.96 Å². The summed E-state index contributed by atoms with van der Waals surface area (Å²) in [5, 5.41) is 19.0. The Bertz CT molecular complexity index is 687. The fourth-order valence-electron chi connectivity index (χ4n) is 2.31. The summed E-state index contributed by atoms with van der Waals surface area (Å²) in [6, 6.07) is 7.72. The Balaban J connectivity index is 2.03. The van der Waals surface area contributed by atoms with Gasteiger partial charge in [-0.3, -0.25) is 0 Å². The Morgan fingerprint density at radius 2 is 2.15 bits per heavy atom. The van der Waals surface area contributed by atoms with E-state index in [2.05, 4.69) is 27.5 Å². The van der Waals surface area contributed by atoms with Crippen LogP contribution in [0, 0.1) is 0 Å². The highest BCUT2D eigenvalue weighted by Crippen LogP contribution is 2.24. The second-order valence-electron chi connectivity index (χ2n) is 6.12. The molecule has 1 atom stereocenters. The van der Waals surface area contributed by atoms with Gasteiger partial charge >= 0.3 is 0 Å². The molecule has 0 saturated heterocycles. The molecule has 2 rings (SSSR count). The predicted molar refractivity (Wildman–Crippen MR) is 107 cm³/mol. The summed E-state index contributed by atoms with van der Waals surface area (Å²) in [7, 11) is 0. The molecule has 7 heteroatoms. The normalized spacial score (nSPS) is 13.9. The molecule has 142 valence electrons. The zero-order chi connectivity index (χ0) is 18.8. The summed E-state index contributed by atoms with van der Waals surface area (Å²) in [5.41, 5.74) is -0.0168. The van der Waals surface area contributed by atoms with Crippen LogP contribution in [0.25, 0.3) is 0 Å². The largest absolute Gasteiger partial charge is 0.477 e. The van der Waals surface area contributed by atoms with Crippen molar-refractivity contribution in [1.82, 2.24) is 15.6 Å². The molecule has 2 aromatic heterocycles. The molecular weight excluding hydrogens is 348 g/mol. The molecule has 6 nitrogen and oxygen atoms in total. The fourth-order valence-corrected chi connectivity index (χ4v) is 3.09. The van der Waals surface area contributed by atoms with Gasteiger partial charge in [0.25, 0.3) is 0 Å². The second-order valence-corrected chi connectivity index (χ2v) is 7.06. The van der Waals surface area contributed by atoms with Gasteiger partial charge in [-0.2, -0.15) is 0 Å². The number of aliphatic imine (C=N–C) groups is 1. The third-order valence-corrected chi connectivity index (χ3v) is 4.82. The van der Waals surface area contributed by atoms with Crippen molar-refractivity contribution in [2.45, 2.75) is 39.3 Å². The van der Waals surface area contributed by atoms with Crippen molar-refractivity contribution >= 4 is 17.3 Å². The summed E-state index contributed by atoms with van der Waals surface area (Å²) in [6.45, 7) is 8.05. The Kier molecular flexibility index (Phi) is 7.87. The number of rotatable bonds is 9. The van der Waals surface area contributed by atoms with Crippen molar-refractivity contribution in [2.24, 2.45) is 4.99 Å². The average molecular weight is 377 g/mol. The molecule has 0 amide bonds. The first-order valence-corrected chi connectivity index (χ1v) is 9.80. The number of nitrogens with one attached hydrogen (secondary N) is 2. The number of hydrogen-bond donors (Lipinski definition) is 3. The standard InChI is InChI=1S/C19H28N4O2S/c1-4-11-25-17-15(8-6-10-21-17)13-22-18(20-5-2)23-14-19(3,24)16-9-7-12-26-16/h6-10,12,24H,4-5,11,13-14H2,1-3H3,(H2,20,22,23). The van der Waals surface area contributed by atoms with Crippen molar-refractivity contribution in [2.75, 3.05) is 19.7 Å². The zero-order valence-electron chi connectivity index (χ0n) is 15.7. The van der Waals surface area contributed by atoms with Crippen molar-refractivity contribution in [1.29, 1.82) is 0 Å². The minimum absolute atomic E-state index is 0.367. The molecule has 0 aliphatic heterocycles. The van der Waals surface area contributed by atoms with Gasteiger partial charge in [-0.1, -0.05) is 19.1 Å². The van der Waals surface area contributed by atoms with Crippen LogP contribution in [0.5, 0.6) is 5.88 Å². The van der Waals surface area contributed by atoms with E-state index >= 15 is 0 Å². The lowest BCUT2D eigenvalue weighted by Gasteiger charge is -2.23. The van der Waals surface area contributed by atoms with Crippen molar-refractivity contribution in [3.8, 4) is 5.88 Å². The first kappa shape index (κ1) is 20.2. The Morgan fingerprint density at radius 3 is 2.85 bits per heavy atom. The maximum atomic E-state index is 10.7. The fraction of sp³-hybridized carbons (Fsp3) is 0.474. The number of hydrogen-bond acceptors (Lipinski definition) is 5. The third-order valence-electron chi connectivity index (χ3n) is 3.70. The van der Waals surface area contributed by atoms with Crippen LogP contribution < -0.4 is 15.4 Å².